The number of rotatable bonds is 2. The maximum Gasteiger partial charge on any atom is 0.193 e. The van der Waals surface area contributed by atoms with Gasteiger partial charge in [-0.05, 0) is 17.7 Å². The molecule has 3 aromatic rings. The molecule has 19 heavy (non-hydrogen) atoms. The fourth-order valence-electron chi connectivity index (χ4n) is 2.15. The molecule has 3 heteroatoms. The van der Waals surface area contributed by atoms with E-state index in [0.29, 0.717) is 5.56 Å². The SMILES string of the molecule is NC(c1ccccc1)c1csc2ccccc2c1=O. The molecule has 1 unspecified atom stereocenters. The van der Waals surface area contributed by atoms with E-state index < -0.39 is 0 Å². The quantitative estimate of drug-likeness (QED) is 0.774. The Bertz CT molecular complexity index is 764. The van der Waals surface area contributed by atoms with E-state index in [1.165, 1.54) is 0 Å². The second-order valence-corrected chi connectivity index (χ2v) is 5.32. The second kappa shape index (κ2) is 4.96. The minimum absolute atomic E-state index is 0.0331. The fourth-order valence-corrected chi connectivity index (χ4v) is 3.10. The Morgan fingerprint density at radius 2 is 1.63 bits per heavy atom. The van der Waals surface area contributed by atoms with E-state index in [0.717, 1.165) is 15.6 Å². The Kier molecular flexibility index (Phi) is 3.15. The van der Waals surface area contributed by atoms with Crippen LogP contribution in [0, 0.1) is 0 Å². The highest BCUT2D eigenvalue weighted by Gasteiger charge is 2.14. The van der Waals surface area contributed by atoms with Crippen molar-refractivity contribution in [2.75, 3.05) is 0 Å². The number of fused-ring (bicyclic) bond motifs is 1. The molecule has 0 bridgehead atoms. The van der Waals surface area contributed by atoms with Crippen molar-refractivity contribution in [3.63, 3.8) is 0 Å². The molecule has 0 aliphatic rings. The van der Waals surface area contributed by atoms with E-state index >= 15 is 0 Å². The van der Waals surface area contributed by atoms with Crippen molar-refractivity contribution in [1.29, 1.82) is 0 Å². The largest absolute Gasteiger partial charge is 0.320 e. The van der Waals surface area contributed by atoms with Crippen LogP contribution in [0.1, 0.15) is 17.2 Å². The molecule has 2 nitrogen and oxygen atoms in total. The van der Waals surface area contributed by atoms with Crippen molar-refractivity contribution >= 4 is 21.4 Å². The zero-order chi connectivity index (χ0) is 13.2. The van der Waals surface area contributed by atoms with E-state index in [1.54, 1.807) is 11.3 Å². The maximum absolute atomic E-state index is 12.5. The van der Waals surface area contributed by atoms with Crippen LogP contribution in [0.15, 0.2) is 64.8 Å². The molecular formula is C16H13NOS. The molecule has 3 rings (SSSR count). The third-order valence-corrected chi connectivity index (χ3v) is 4.18. The van der Waals surface area contributed by atoms with Crippen LogP contribution in [0.5, 0.6) is 0 Å². The number of hydrogen-bond donors (Lipinski definition) is 1. The van der Waals surface area contributed by atoms with Crippen molar-refractivity contribution in [3.8, 4) is 0 Å². The summed E-state index contributed by atoms with van der Waals surface area (Å²) in [5.74, 6) is 0. The van der Waals surface area contributed by atoms with E-state index in [-0.39, 0.29) is 11.5 Å². The van der Waals surface area contributed by atoms with Gasteiger partial charge in [0.05, 0.1) is 6.04 Å². The van der Waals surface area contributed by atoms with Crippen LogP contribution in [0.2, 0.25) is 0 Å². The summed E-state index contributed by atoms with van der Waals surface area (Å²) >= 11 is 1.56. The van der Waals surface area contributed by atoms with Gasteiger partial charge in [0.1, 0.15) is 0 Å². The molecular weight excluding hydrogens is 254 g/mol. The van der Waals surface area contributed by atoms with Crippen molar-refractivity contribution in [3.05, 3.63) is 81.3 Å². The van der Waals surface area contributed by atoms with E-state index in [2.05, 4.69) is 0 Å². The van der Waals surface area contributed by atoms with Crippen molar-refractivity contribution in [1.82, 2.24) is 0 Å². The Morgan fingerprint density at radius 1 is 0.947 bits per heavy atom. The normalized spacial score (nSPS) is 12.5. The fraction of sp³-hybridized carbons (Fsp3) is 0.0625. The van der Waals surface area contributed by atoms with Crippen molar-refractivity contribution in [2.24, 2.45) is 5.73 Å². The molecule has 0 saturated heterocycles. The third kappa shape index (κ3) is 2.18. The summed E-state index contributed by atoms with van der Waals surface area (Å²) in [6.45, 7) is 0. The molecule has 2 aromatic carbocycles. The van der Waals surface area contributed by atoms with Crippen LogP contribution in [0.4, 0.5) is 0 Å². The van der Waals surface area contributed by atoms with Crippen LogP contribution >= 0.6 is 11.3 Å². The molecule has 2 N–H and O–H groups in total. The van der Waals surface area contributed by atoms with Gasteiger partial charge < -0.3 is 5.73 Å². The van der Waals surface area contributed by atoms with Crippen LogP contribution in [-0.2, 0) is 0 Å². The summed E-state index contributed by atoms with van der Waals surface area (Å²) in [6, 6.07) is 17.0. The topological polar surface area (TPSA) is 43.1 Å². The monoisotopic (exact) mass is 267 g/mol. The van der Waals surface area contributed by atoms with Crippen LogP contribution in [0.25, 0.3) is 10.1 Å². The molecule has 0 radical (unpaired) electrons. The highest BCUT2D eigenvalue weighted by molar-refractivity contribution is 7.16. The van der Waals surface area contributed by atoms with Gasteiger partial charge in [0.25, 0.3) is 0 Å². The molecule has 0 saturated carbocycles. The van der Waals surface area contributed by atoms with Crippen LogP contribution in [-0.4, -0.2) is 0 Å². The Hall–Kier alpha value is -1.97. The predicted molar refractivity (Wildman–Crippen MR) is 80.6 cm³/mol. The summed E-state index contributed by atoms with van der Waals surface area (Å²) < 4.78 is 0.997. The van der Waals surface area contributed by atoms with E-state index in [9.17, 15) is 4.79 Å². The average molecular weight is 267 g/mol. The summed E-state index contributed by atoms with van der Waals surface area (Å²) in [7, 11) is 0. The molecule has 0 spiro atoms. The number of benzene rings is 2. The molecule has 0 amide bonds. The minimum Gasteiger partial charge on any atom is -0.320 e. The molecule has 0 fully saturated rings. The van der Waals surface area contributed by atoms with Crippen molar-refractivity contribution in [2.45, 2.75) is 6.04 Å². The van der Waals surface area contributed by atoms with Crippen molar-refractivity contribution < 1.29 is 0 Å². The summed E-state index contributed by atoms with van der Waals surface area (Å²) in [5.41, 5.74) is 7.87. The van der Waals surface area contributed by atoms with Gasteiger partial charge in [-0.1, -0.05) is 42.5 Å². The summed E-state index contributed by atoms with van der Waals surface area (Å²) in [5, 5.41) is 2.62. The Labute approximate surface area is 115 Å². The summed E-state index contributed by atoms with van der Waals surface area (Å²) in [6.07, 6.45) is 0. The first-order valence-corrected chi connectivity index (χ1v) is 6.96. The lowest BCUT2D eigenvalue weighted by Crippen LogP contribution is -2.20. The third-order valence-electron chi connectivity index (χ3n) is 3.20. The second-order valence-electron chi connectivity index (χ2n) is 4.40. The van der Waals surface area contributed by atoms with Gasteiger partial charge in [-0.25, -0.2) is 0 Å². The number of hydrogen-bond acceptors (Lipinski definition) is 3. The van der Waals surface area contributed by atoms with E-state index in [1.807, 2.05) is 60.0 Å². The first-order valence-electron chi connectivity index (χ1n) is 6.08. The van der Waals surface area contributed by atoms with E-state index in [4.69, 9.17) is 5.73 Å². The molecule has 1 atom stereocenters. The summed E-state index contributed by atoms with van der Waals surface area (Å²) in [4.78, 5) is 12.5. The molecule has 94 valence electrons. The zero-order valence-electron chi connectivity index (χ0n) is 10.2. The average Bonchev–Trinajstić information content (AvgIpc) is 2.48. The van der Waals surface area contributed by atoms with Crippen LogP contribution < -0.4 is 11.2 Å². The first-order chi connectivity index (χ1) is 9.27. The Morgan fingerprint density at radius 3 is 2.42 bits per heavy atom. The first kappa shape index (κ1) is 12.1. The lowest BCUT2D eigenvalue weighted by molar-refractivity contribution is 0.868. The van der Waals surface area contributed by atoms with Gasteiger partial charge in [-0.2, -0.15) is 0 Å². The molecule has 0 aliphatic heterocycles. The minimum atomic E-state index is -0.366. The standard InChI is InChI=1S/C16H13NOS/c17-15(11-6-2-1-3-7-11)13-10-19-14-9-5-4-8-12(14)16(13)18/h1-10,15H,17H2. The molecule has 0 aliphatic carbocycles. The van der Waals surface area contributed by atoms with Gasteiger partial charge >= 0.3 is 0 Å². The zero-order valence-corrected chi connectivity index (χ0v) is 11.1. The lowest BCUT2D eigenvalue weighted by atomic mass is 10.0. The smallest absolute Gasteiger partial charge is 0.193 e. The number of nitrogens with two attached hydrogens (primary N) is 1. The van der Waals surface area contributed by atoms with Gasteiger partial charge in [0, 0.05) is 21.0 Å². The van der Waals surface area contributed by atoms with Crippen LogP contribution in [0.3, 0.4) is 0 Å². The molecule has 1 heterocycles. The Balaban J connectivity index is 2.16. The maximum atomic E-state index is 12.5. The highest BCUT2D eigenvalue weighted by atomic mass is 32.1. The molecule has 1 aromatic heterocycles. The van der Waals surface area contributed by atoms with Gasteiger partial charge in [-0.3, -0.25) is 4.79 Å². The predicted octanol–water partition coefficient (Wildman–Crippen LogP) is 3.31. The van der Waals surface area contributed by atoms with Gasteiger partial charge in [0.15, 0.2) is 5.43 Å². The van der Waals surface area contributed by atoms with Gasteiger partial charge in [0.2, 0.25) is 0 Å². The highest BCUT2D eigenvalue weighted by Crippen LogP contribution is 2.22. The lowest BCUT2D eigenvalue weighted by Gasteiger charge is -2.11. The van der Waals surface area contributed by atoms with Gasteiger partial charge in [-0.15, -0.1) is 11.3 Å².